The van der Waals surface area contributed by atoms with E-state index in [0.29, 0.717) is 25.6 Å². The van der Waals surface area contributed by atoms with Crippen molar-refractivity contribution < 1.29 is 19.0 Å². The van der Waals surface area contributed by atoms with Crippen molar-refractivity contribution in [3.8, 4) is 0 Å². The van der Waals surface area contributed by atoms with Crippen LogP contribution >= 0.6 is 0 Å². The Morgan fingerprint density at radius 3 is 2.70 bits per heavy atom. The fourth-order valence-corrected chi connectivity index (χ4v) is 3.40. The fourth-order valence-electron chi connectivity index (χ4n) is 3.40. The molecule has 3 atom stereocenters. The molecule has 0 radical (unpaired) electrons. The lowest BCUT2D eigenvalue weighted by Crippen LogP contribution is -2.33. The molecule has 0 bridgehead atoms. The first-order valence-corrected chi connectivity index (χ1v) is 7.99. The number of ketones is 1. The van der Waals surface area contributed by atoms with Gasteiger partial charge in [-0.3, -0.25) is 4.79 Å². The van der Waals surface area contributed by atoms with E-state index in [-0.39, 0.29) is 17.5 Å². The SMILES string of the molecule is CN(CC1COCC(c2ccc(F)cc2)C1)C1=CC(=O)C(O)C1. The number of ether oxygens (including phenoxy) is 1. The maximum absolute atomic E-state index is 13.0. The topological polar surface area (TPSA) is 49.8 Å². The third-order valence-electron chi connectivity index (χ3n) is 4.69. The van der Waals surface area contributed by atoms with Gasteiger partial charge in [0, 0.05) is 43.6 Å². The van der Waals surface area contributed by atoms with Gasteiger partial charge in [-0.2, -0.15) is 0 Å². The molecule has 0 amide bonds. The van der Waals surface area contributed by atoms with Crippen molar-refractivity contribution in [1.29, 1.82) is 0 Å². The monoisotopic (exact) mass is 319 g/mol. The molecule has 1 aliphatic heterocycles. The molecule has 0 spiro atoms. The van der Waals surface area contributed by atoms with Crippen molar-refractivity contribution in [2.75, 3.05) is 26.8 Å². The zero-order valence-electron chi connectivity index (χ0n) is 13.2. The molecule has 1 aromatic carbocycles. The van der Waals surface area contributed by atoms with E-state index in [9.17, 15) is 14.3 Å². The number of halogens is 1. The first-order valence-electron chi connectivity index (χ1n) is 7.99. The van der Waals surface area contributed by atoms with Crippen LogP contribution in [0, 0.1) is 11.7 Å². The lowest BCUT2D eigenvalue weighted by molar-refractivity contribution is -0.121. The smallest absolute Gasteiger partial charge is 0.186 e. The predicted molar refractivity (Wildman–Crippen MR) is 84.4 cm³/mol. The summed E-state index contributed by atoms with van der Waals surface area (Å²) in [6.45, 7) is 2.13. The second kappa shape index (κ2) is 6.81. The van der Waals surface area contributed by atoms with Crippen LogP contribution in [0.15, 0.2) is 36.0 Å². The lowest BCUT2D eigenvalue weighted by Gasteiger charge is -2.33. The number of nitrogens with zero attached hydrogens (tertiary/aromatic N) is 1. The quantitative estimate of drug-likeness (QED) is 0.923. The van der Waals surface area contributed by atoms with Crippen molar-refractivity contribution in [2.45, 2.75) is 24.9 Å². The Hall–Kier alpha value is -1.72. The summed E-state index contributed by atoms with van der Waals surface area (Å²) in [6, 6.07) is 6.62. The fraction of sp³-hybridized carbons (Fsp3) is 0.500. The van der Waals surface area contributed by atoms with E-state index in [1.165, 1.54) is 18.2 Å². The van der Waals surface area contributed by atoms with E-state index in [1.807, 2.05) is 24.1 Å². The van der Waals surface area contributed by atoms with E-state index >= 15 is 0 Å². The van der Waals surface area contributed by atoms with Crippen LogP contribution in [0.5, 0.6) is 0 Å². The number of hydrogen-bond donors (Lipinski definition) is 1. The molecule has 1 saturated heterocycles. The number of hydrogen-bond acceptors (Lipinski definition) is 4. The maximum atomic E-state index is 13.0. The molecule has 5 heteroatoms. The van der Waals surface area contributed by atoms with Gasteiger partial charge in [-0.1, -0.05) is 12.1 Å². The van der Waals surface area contributed by atoms with E-state index < -0.39 is 6.10 Å². The third-order valence-corrected chi connectivity index (χ3v) is 4.69. The van der Waals surface area contributed by atoms with Crippen LogP contribution in [0.1, 0.15) is 24.3 Å². The highest BCUT2D eigenvalue weighted by atomic mass is 19.1. The van der Waals surface area contributed by atoms with E-state index in [0.717, 1.165) is 24.2 Å². The van der Waals surface area contributed by atoms with E-state index in [4.69, 9.17) is 4.74 Å². The van der Waals surface area contributed by atoms with Crippen molar-refractivity contribution in [3.05, 3.63) is 47.4 Å². The highest BCUT2D eigenvalue weighted by molar-refractivity contribution is 5.96. The van der Waals surface area contributed by atoms with Crippen LogP contribution in [-0.2, 0) is 9.53 Å². The highest BCUT2D eigenvalue weighted by Crippen LogP contribution is 2.30. The number of aliphatic hydroxyl groups excluding tert-OH is 1. The summed E-state index contributed by atoms with van der Waals surface area (Å²) in [5.74, 6) is 0.180. The van der Waals surface area contributed by atoms with Gasteiger partial charge in [-0.05, 0) is 24.1 Å². The van der Waals surface area contributed by atoms with Crippen molar-refractivity contribution >= 4 is 5.78 Å². The molecule has 0 aromatic heterocycles. The van der Waals surface area contributed by atoms with Crippen molar-refractivity contribution in [2.24, 2.45) is 5.92 Å². The van der Waals surface area contributed by atoms with Gasteiger partial charge >= 0.3 is 0 Å². The molecule has 1 N–H and O–H groups in total. The standard InChI is InChI=1S/C18H22FNO3/c1-20(16-7-17(21)18(22)8-16)9-12-6-14(11-23-10-12)13-2-4-15(19)5-3-13/h2-5,7,12,14,18,22H,6,8-11H2,1H3. The van der Waals surface area contributed by atoms with Crippen molar-refractivity contribution in [3.63, 3.8) is 0 Å². The van der Waals surface area contributed by atoms with Gasteiger partial charge in [0.15, 0.2) is 5.78 Å². The average Bonchev–Trinajstić information content (AvgIpc) is 2.88. The molecule has 3 rings (SSSR count). The molecule has 1 aliphatic carbocycles. The highest BCUT2D eigenvalue weighted by Gasteiger charge is 2.28. The summed E-state index contributed by atoms with van der Waals surface area (Å²) < 4.78 is 18.8. The first-order chi connectivity index (χ1) is 11.0. The van der Waals surface area contributed by atoms with Crippen LogP contribution in [0.25, 0.3) is 0 Å². The molecule has 0 saturated carbocycles. The molecular weight excluding hydrogens is 297 g/mol. The minimum absolute atomic E-state index is 0.212. The van der Waals surface area contributed by atoms with E-state index in [2.05, 4.69) is 0 Å². The molecule has 4 nitrogen and oxygen atoms in total. The summed E-state index contributed by atoms with van der Waals surface area (Å²) in [6.07, 6.45) is 2.01. The number of aliphatic hydroxyl groups is 1. The van der Waals surface area contributed by atoms with Gasteiger partial charge in [-0.15, -0.1) is 0 Å². The normalized spacial score (nSPS) is 27.9. The number of carbonyl (C=O) groups is 1. The van der Waals surface area contributed by atoms with Gasteiger partial charge in [-0.25, -0.2) is 4.39 Å². The maximum Gasteiger partial charge on any atom is 0.186 e. The molecule has 124 valence electrons. The minimum atomic E-state index is -0.887. The zero-order chi connectivity index (χ0) is 16.4. The summed E-state index contributed by atoms with van der Waals surface area (Å²) >= 11 is 0. The van der Waals surface area contributed by atoms with Crippen LogP contribution in [0.3, 0.4) is 0 Å². The Morgan fingerprint density at radius 2 is 2.04 bits per heavy atom. The van der Waals surface area contributed by atoms with Gasteiger partial charge in [0.2, 0.25) is 0 Å². The number of benzene rings is 1. The Morgan fingerprint density at radius 1 is 1.30 bits per heavy atom. The third kappa shape index (κ3) is 3.79. The Kier molecular flexibility index (Phi) is 4.78. The summed E-state index contributed by atoms with van der Waals surface area (Å²) in [4.78, 5) is 13.5. The second-order valence-electron chi connectivity index (χ2n) is 6.53. The minimum Gasteiger partial charge on any atom is -0.385 e. The van der Waals surface area contributed by atoms with Crippen LogP contribution < -0.4 is 0 Å². The molecule has 2 aliphatic rings. The average molecular weight is 319 g/mol. The van der Waals surface area contributed by atoms with Crippen molar-refractivity contribution in [1.82, 2.24) is 4.90 Å². The summed E-state index contributed by atoms with van der Waals surface area (Å²) in [5, 5.41) is 9.55. The molecule has 23 heavy (non-hydrogen) atoms. The first kappa shape index (κ1) is 16.1. The molecular formula is C18H22FNO3. The summed E-state index contributed by atoms with van der Waals surface area (Å²) in [7, 11) is 1.94. The molecule has 1 fully saturated rings. The second-order valence-corrected chi connectivity index (χ2v) is 6.53. The molecule has 1 aromatic rings. The van der Waals surface area contributed by atoms with Gasteiger partial charge in [0.1, 0.15) is 11.9 Å². The van der Waals surface area contributed by atoms with Gasteiger partial charge < -0.3 is 14.7 Å². The zero-order valence-corrected chi connectivity index (χ0v) is 13.2. The van der Waals surface area contributed by atoms with Crippen LogP contribution in [0.4, 0.5) is 4.39 Å². The largest absolute Gasteiger partial charge is 0.385 e. The Labute approximate surface area is 135 Å². The van der Waals surface area contributed by atoms with E-state index in [1.54, 1.807) is 0 Å². The summed E-state index contributed by atoms with van der Waals surface area (Å²) in [5.41, 5.74) is 1.98. The van der Waals surface area contributed by atoms with Gasteiger partial charge in [0.05, 0.1) is 13.2 Å². The van der Waals surface area contributed by atoms with Crippen LogP contribution in [0.2, 0.25) is 0 Å². The van der Waals surface area contributed by atoms with Gasteiger partial charge in [0.25, 0.3) is 0 Å². The Balaban J connectivity index is 1.59. The lowest BCUT2D eigenvalue weighted by atomic mass is 9.87. The number of carbonyl (C=O) groups excluding carboxylic acids is 1. The Bertz CT molecular complexity index is 599. The van der Waals surface area contributed by atoms with Crippen LogP contribution in [-0.4, -0.2) is 48.7 Å². The molecule has 1 heterocycles. The molecule has 3 unspecified atom stereocenters. The predicted octanol–water partition coefficient (Wildman–Crippen LogP) is 2.10. The number of rotatable bonds is 4.